The summed E-state index contributed by atoms with van der Waals surface area (Å²) in [6.45, 7) is 5.82. The van der Waals surface area contributed by atoms with Gasteiger partial charge in [-0.05, 0) is 45.2 Å². The highest BCUT2D eigenvalue weighted by molar-refractivity contribution is 5.97. The molecule has 0 unspecified atom stereocenters. The fourth-order valence-electron chi connectivity index (χ4n) is 4.14. The summed E-state index contributed by atoms with van der Waals surface area (Å²) in [6.07, 6.45) is 6.33. The number of aromatic amines is 1. The number of carbonyl (C=O) groups is 2. The van der Waals surface area contributed by atoms with Crippen LogP contribution < -0.4 is 5.56 Å². The van der Waals surface area contributed by atoms with Gasteiger partial charge in [0.15, 0.2) is 5.78 Å². The number of carbonyl (C=O) groups excluding carboxylic acids is 2. The van der Waals surface area contributed by atoms with E-state index in [0.29, 0.717) is 62.1 Å². The minimum Gasteiger partial charge on any atom is -0.343 e. The highest BCUT2D eigenvalue weighted by Crippen LogP contribution is 2.22. The van der Waals surface area contributed by atoms with Crippen molar-refractivity contribution in [2.45, 2.75) is 52.5 Å². The molecule has 1 amide bonds. The van der Waals surface area contributed by atoms with Gasteiger partial charge in [-0.25, -0.2) is 4.52 Å². The number of ketones is 1. The van der Waals surface area contributed by atoms with Crippen LogP contribution in [-0.2, 0) is 17.8 Å². The minimum atomic E-state index is -0.166. The number of fused-ring (bicyclic) bond motifs is 1. The summed E-state index contributed by atoms with van der Waals surface area (Å²) in [5.74, 6) is 0.744. The number of aryl methyl sites for hydroxylation is 3. The van der Waals surface area contributed by atoms with Crippen molar-refractivity contribution in [1.29, 1.82) is 0 Å². The molecule has 4 rings (SSSR count). The Bertz CT molecular complexity index is 1150. The van der Waals surface area contributed by atoms with E-state index < -0.39 is 0 Å². The molecule has 9 heteroatoms. The van der Waals surface area contributed by atoms with Crippen LogP contribution in [0.3, 0.4) is 0 Å². The van der Waals surface area contributed by atoms with E-state index in [9.17, 15) is 14.4 Å². The Morgan fingerprint density at radius 3 is 2.71 bits per heavy atom. The molecule has 0 aliphatic carbocycles. The molecule has 1 fully saturated rings. The van der Waals surface area contributed by atoms with Gasteiger partial charge in [-0.15, -0.1) is 0 Å². The fourth-order valence-corrected chi connectivity index (χ4v) is 4.14. The molecule has 3 aromatic heterocycles. The molecule has 4 heterocycles. The first-order chi connectivity index (χ1) is 15.0. The lowest BCUT2D eigenvalue weighted by Gasteiger charge is -2.31. The summed E-state index contributed by atoms with van der Waals surface area (Å²) in [5, 5.41) is 8.64. The molecule has 1 aliphatic heterocycles. The quantitative estimate of drug-likeness (QED) is 0.584. The van der Waals surface area contributed by atoms with E-state index in [1.807, 2.05) is 24.8 Å². The van der Waals surface area contributed by atoms with Crippen LogP contribution in [0, 0.1) is 12.8 Å². The molecule has 164 valence electrons. The number of Topliss-reactive ketones (excluding diaryl/α,β-unsaturated/α-hetero) is 1. The first kappa shape index (κ1) is 21.0. The van der Waals surface area contributed by atoms with Crippen molar-refractivity contribution in [3.63, 3.8) is 0 Å². The molecule has 0 radical (unpaired) electrons. The molecule has 1 aliphatic rings. The van der Waals surface area contributed by atoms with Crippen molar-refractivity contribution in [3.8, 4) is 0 Å². The molecule has 3 aromatic rings. The summed E-state index contributed by atoms with van der Waals surface area (Å²) < 4.78 is 3.39. The average molecular weight is 425 g/mol. The van der Waals surface area contributed by atoms with Crippen LogP contribution in [0.1, 0.15) is 54.5 Å². The summed E-state index contributed by atoms with van der Waals surface area (Å²) >= 11 is 0. The van der Waals surface area contributed by atoms with Gasteiger partial charge in [0, 0.05) is 50.3 Å². The molecule has 0 spiro atoms. The van der Waals surface area contributed by atoms with Crippen LogP contribution in [0.15, 0.2) is 29.3 Å². The lowest BCUT2D eigenvalue weighted by atomic mass is 9.90. The number of H-pyrrole nitrogens is 1. The van der Waals surface area contributed by atoms with Gasteiger partial charge in [0.25, 0.3) is 5.56 Å². The molecular formula is C22H28N6O3. The van der Waals surface area contributed by atoms with Crippen molar-refractivity contribution in [2.24, 2.45) is 5.92 Å². The fraction of sp³-hybridized carbons (Fsp3) is 0.500. The number of nitrogens with zero attached hydrogens (tertiary/aromatic N) is 5. The third kappa shape index (κ3) is 4.45. The van der Waals surface area contributed by atoms with E-state index in [0.717, 1.165) is 12.2 Å². The highest BCUT2D eigenvalue weighted by atomic mass is 16.2. The van der Waals surface area contributed by atoms with Crippen molar-refractivity contribution in [2.75, 3.05) is 13.1 Å². The summed E-state index contributed by atoms with van der Waals surface area (Å²) in [7, 11) is 0. The van der Waals surface area contributed by atoms with E-state index >= 15 is 0 Å². The number of aromatic nitrogens is 5. The zero-order valence-corrected chi connectivity index (χ0v) is 18.0. The van der Waals surface area contributed by atoms with Crippen LogP contribution in [-0.4, -0.2) is 54.1 Å². The maximum atomic E-state index is 12.7. The molecule has 0 atom stereocenters. The van der Waals surface area contributed by atoms with E-state index in [2.05, 4.69) is 15.2 Å². The van der Waals surface area contributed by atoms with Gasteiger partial charge in [0.05, 0.1) is 11.8 Å². The number of hydrogen-bond donors (Lipinski definition) is 1. The predicted octanol–water partition coefficient (Wildman–Crippen LogP) is 1.99. The van der Waals surface area contributed by atoms with Crippen LogP contribution >= 0.6 is 0 Å². The second kappa shape index (κ2) is 8.87. The molecule has 9 nitrogen and oxygen atoms in total. The van der Waals surface area contributed by atoms with Crippen molar-refractivity contribution in [1.82, 2.24) is 29.3 Å². The van der Waals surface area contributed by atoms with Crippen LogP contribution in [0.5, 0.6) is 0 Å². The van der Waals surface area contributed by atoms with Gasteiger partial charge in [0.1, 0.15) is 11.3 Å². The van der Waals surface area contributed by atoms with Crippen LogP contribution in [0.2, 0.25) is 0 Å². The topological polar surface area (TPSA) is 105 Å². The monoisotopic (exact) mass is 424 g/mol. The van der Waals surface area contributed by atoms with Gasteiger partial charge in [-0.2, -0.15) is 10.2 Å². The SMILES string of the molecule is CCn1cc(C(=O)C2CCN(C(=O)CCCc3nn4c(C)ccc4c(=O)[nH]3)CC2)cn1. The Balaban J connectivity index is 1.26. The van der Waals surface area contributed by atoms with Gasteiger partial charge in [0.2, 0.25) is 5.91 Å². The molecule has 1 saturated heterocycles. The third-order valence-corrected chi connectivity index (χ3v) is 6.02. The lowest BCUT2D eigenvalue weighted by molar-refractivity contribution is -0.132. The van der Waals surface area contributed by atoms with Gasteiger partial charge >= 0.3 is 0 Å². The first-order valence-corrected chi connectivity index (χ1v) is 10.9. The van der Waals surface area contributed by atoms with Crippen molar-refractivity contribution in [3.05, 3.63) is 52.0 Å². The molecule has 1 N–H and O–H groups in total. The summed E-state index contributed by atoms with van der Waals surface area (Å²) in [4.78, 5) is 42.0. The standard InChI is InChI=1S/C22H28N6O3/c1-3-27-14-17(13-23-27)21(30)16-9-11-26(12-10-16)20(29)6-4-5-19-24-22(31)18-8-7-15(2)28(18)25-19/h7-8,13-14,16H,3-6,9-12H2,1-2H3,(H,24,25,31). The predicted molar refractivity (Wildman–Crippen MR) is 115 cm³/mol. The van der Waals surface area contributed by atoms with Crippen molar-refractivity contribution >= 4 is 17.2 Å². The summed E-state index contributed by atoms with van der Waals surface area (Å²) in [5.41, 5.74) is 1.92. The number of hydrogen-bond acceptors (Lipinski definition) is 5. The highest BCUT2D eigenvalue weighted by Gasteiger charge is 2.28. The number of amides is 1. The number of rotatable bonds is 7. The second-order valence-electron chi connectivity index (χ2n) is 8.13. The second-order valence-corrected chi connectivity index (χ2v) is 8.13. The molecular weight excluding hydrogens is 396 g/mol. The van der Waals surface area contributed by atoms with E-state index in [1.54, 1.807) is 27.7 Å². The molecule has 0 bridgehead atoms. The Hall–Kier alpha value is -3.23. The van der Waals surface area contributed by atoms with E-state index in [1.165, 1.54) is 0 Å². The molecule has 0 saturated carbocycles. The first-order valence-electron chi connectivity index (χ1n) is 10.9. The number of likely N-dealkylation sites (tertiary alicyclic amines) is 1. The maximum Gasteiger partial charge on any atom is 0.275 e. The van der Waals surface area contributed by atoms with Crippen molar-refractivity contribution < 1.29 is 9.59 Å². The van der Waals surface area contributed by atoms with Gasteiger partial charge in [-0.3, -0.25) is 19.1 Å². The zero-order chi connectivity index (χ0) is 22.0. The lowest BCUT2D eigenvalue weighted by Crippen LogP contribution is -2.40. The summed E-state index contributed by atoms with van der Waals surface area (Å²) in [6, 6.07) is 3.60. The zero-order valence-electron chi connectivity index (χ0n) is 18.0. The Morgan fingerprint density at radius 1 is 1.23 bits per heavy atom. The Labute approximate surface area is 180 Å². The van der Waals surface area contributed by atoms with Gasteiger partial charge < -0.3 is 9.88 Å². The van der Waals surface area contributed by atoms with Crippen LogP contribution in [0.25, 0.3) is 5.52 Å². The Kier molecular flexibility index (Phi) is 6.01. The average Bonchev–Trinajstić information content (AvgIpc) is 3.41. The number of piperidine rings is 1. The molecule has 0 aromatic carbocycles. The normalized spacial score (nSPS) is 15.0. The minimum absolute atomic E-state index is 0.0515. The Morgan fingerprint density at radius 2 is 2.00 bits per heavy atom. The molecule has 31 heavy (non-hydrogen) atoms. The van der Waals surface area contributed by atoms with Crippen LogP contribution in [0.4, 0.5) is 0 Å². The smallest absolute Gasteiger partial charge is 0.275 e. The maximum absolute atomic E-state index is 12.7. The van der Waals surface area contributed by atoms with E-state index in [4.69, 9.17) is 0 Å². The number of nitrogens with one attached hydrogen (secondary N) is 1. The van der Waals surface area contributed by atoms with E-state index in [-0.39, 0.29) is 23.2 Å². The largest absolute Gasteiger partial charge is 0.343 e. The van der Waals surface area contributed by atoms with Gasteiger partial charge in [-0.1, -0.05) is 0 Å². The third-order valence-electron chi connectivity index (χ3n) is 6.02.